The summed E-state index contributed by atoms with van der Waals surface area (Å²) in [5, 5.41) is 12.0. The third kappa shape index (κ3) is 3.32. The lowest BCUT2D eigenvalue weighted by Crippen LogP contribution is -2.33. The molecule has 0 saturated heterocycles. The van der Waals surface area contributed by atoms with Crippen LogP contribution < -0.4 is 5.32 Å². The number of hydrogen-bond donors (Lipinski definition) is 2. The van der Waals surface area contributed by atoms with Crippen molar-refractivity contribution in [1.82, 2.24) is 5.32 Å². The van der Waals surface area contributed by atoms with E-state index in [1.165, 1.54) is 13.0 Å². The van der Waals surface area contributed by atoms with E-state index in [-0.39, 0.29) is 17.7 Å². The summed E-state index contributed by atoms with van der Waals surface area (Å²) in [7, 11) is 0.982. The molecule has 1 aromatic rings. The van der Waals surface area contributed by atoms with Crippen molar-refractivity contribution in [2.24, 2.45) is 0 Å². The van der Waals surface area contributed by atoms with Crippen LogP contribution >= 0.6 is 0 Å². The fraction of sp³-hybridized carbons (Fsp3) is 0.235. The number of dihydropyridines is 1. The summed E-state index contributed by atoms with van der Waals surface area (Å²) >= 11 is 0. The number of ether oxygens (including phenoxy) is 1. The zero-order chi connectivity index (χ0) is 19.6. The van der Waals surface area contributed by atoms with E-state index in [1.807, 2.05) is 0 Å². The molecular formula is C17H14F3NO5. The summed E-state index contributed by atoms with van der Waals surface area (Å²) in [6, 6.07) is 4.28. The van der Waals surface area contributed by atoms with Gasteiger partial charge in [0.2, 0.25) is 0 Å². The number of methoxy groups -OCH3 is 1. The number of rotatable bonds is 4. The fourth-order valence-corrected chi connectivity index (χ4v) is 2.89. The second-order valence-corrected chi connectivity index (χ2v) is 5.42. The topological polar surface area (TPSA) is 92.7 Å². The molecule has 2 N–H and O–H groups in total. The minimum atomic E-state index is -4.79. The predicted molar refractivity (Wildman–Crippen MR) is 82.8 cm³/mol. The minimum Gasteiger partial charge on any atom is -0.478 e. The van der Waals surface area contributed by atoms with Crippen molar-refractivity contribution in [3.05, 3.63) is 57.9 Å². The van der Waals surface area contributed by atoms with Gasteiger partial charge in [-0.2, -0.15) is 13.2 Å². The van der Waals surface area contributed by atoms with Crippen LogP contribution in [-0.2, 0) is 25.3 Å². The number of carboxylic acid groups (broad SMARTS) is 1. The van der Waals surface area contributed by atoms with Gasteiger partial charge in [-0.25, -0.2) is 9.59 Å². The fourth-order valence-electron chi connectivity index (χ4n) is 2.89. The average molecular weight is 369 g/mol. The van der Waals surface area contributed by atoms with Gasteiger partial charge in [0.1, 0.15) is 0 Å². The van der Waals surface area contributed by atoms with E-state index in [1.54, 1.807) is 0 Å². The van der Waals surface area contributed by atoms with E-state index in [0.29, 0.717) is 0 Å². The number of nitrogens with one attached hydrogen (secondary N) is 1. The Morgan fingerprint density at radius 2 is 1.85 bits per heavy atom. The summed E-state index contributed by atoms with van der Waals surface area (Å²) < 4.78 is 44.9. The first-order valence-corrected chi connectivity index (χ1v) is 7.28. The Kier molecular flexibility index (Phi) is 5.20. The first kappa shape index (κ1) is 19.2. The van der Waals surface area contributed by atoms with E-state index in [2.05, 4.69) is 10.1 Å². The van der Waals surface area contributed by atoms with Crippen molar-refractivity contribution in [1.29, 1.82) is 0 Å². The summed E-state index contributed by atoms with van der Waals surface area (Å²) in [4.78, 5) is 35.2. The van der Waals surface area contributed by atoms with E-state index in [4.69, 9.17) is 0 Å². The van der Waals surface area contributed by atoms with Gasteiger partial charge >= 0.3 is 18.1 Å². The quantitative estimate of drug-likeness (QED) is 0.625. The van der Waals surface area contributed by atoms with Gasteiger partial charge in [-0.15, -0.1) is 0 Å². The number of halogens is 3. The monoisotopic (exact) mass is 369 g/mol. The Bertz CT molecular complexity index is 839. The first-order valence-electron chi connectivity index (χ1n) is 7.28. The van der Waals surface area contributed by atoms with Crippen LogP contribution in [-0.4, -0.2) is 30.4 Å². The van der Waals surface area contributed by atoms with Crippen molar-refractivity contribution in [2.45, 2.75) is 19.0 Å². The first-order chi connectivity index (χ1) is 12.1. The molecule has 0 fully saturated rings. The number of allylic oxidation sites excluding steroid dienone is 2. The van der Waals surface area contributed by atoms with E-state index in [9.17, 15) is 32.7 Å². The van der Waals surface area contributed by atoms with Crippen molar-refractivity contribution in [2.75, 3.05) is 7.11 Å². The molecule has 1 unspecified atom stereocenters. The Morgan fingerprint density at radius 1 is 1.23 bits per heavy atom. The van der Waals surface area contributed by atoms with Gasteiger partial charge in [0.25, 0.3) is 0 Å². The van der Waals surface area contributed by atoms with Crippen LogP contribution in [0.2, 0.25) is 0 Å². The van der Waals surface area contributed by atoms with Crippen LogP contribution in [0.4, 0.5) is 13.2 Å². The third-order valence-corrected chi connectivity index (χ3v) is 3.92. The van der Waals surface area contributed by atoms with E-state index >= 15 is 0 Å². The van der Waals surface area contributed by atoms with E-state index < -0.39 is 46.3 Å². The van der Waals surface area contributed by atoms with Gasteiger partial charge in [-0.1, -0.05) is 18.2 Å². The lowest BCUT2D eigenvalue weighted by molar-refractivity contribution is -0.140. The summed E-state index contributed by atoms with van der Waals surface area (Å²) in [6.07, 6.45) is -4.56. The van der Waals surface area contributed by atoms with Gasteiger partial charge in [0.15, 0.2) is 6.29 Å². The molecule has 0 radical (unpaired) electrons. The van der Waals surface area contributed by atoms with Crippen LogP contribution in [0, 0.1) is 0 Å². The van der Waals surface area contributed by atoms with Crippen molar-refractivity contribution in [3.8, 4) is 0 Å². The number of aldehydes is 1. The summed E-state index contributed by atoms with van der Waals surface area (Å²) in [5.74, 6) is -4.25. The maximum Gasteiger partial charge on any atom is 0.416 e. The Hall–Kier alpha value is -3.10. The van der Waals surface area contributed by atoms with Crippen molar-refractivity contribution >= 4 is 18.2 Å². The maximum absolute atomic E-state index is 13.4. The summed E-state index contributed by atoms with van der Waals surface area (Å²) in [6.45, 7) is 1.30. The molecule has 26 heavy (non-hydrogen) atoms. The van der Waals surface area contributed by atoms with Crippen molar-refractivity contribution in [3.63, 3.8) is 0 Å². The smallest absolute Gasteiger partial charge is 0.416 e. The average Bonchev–Trinajstić information content (AvgIpc) is 2.58. The lowest BCUT2D eigenvalue weighted by atomic mass is 9.78. The molecule has 1 atom stereocenters. The second kappa shape index (κ2) is 7.03. The number of esters is 1. The number of carbonyl (C=O) groups excluding carboxylic acids is 2. The largest absolute Gasteiger partial charge is 0.478 e. The second-order valence-electron chi connectivity index (χ2n) is 5.42. The highest BCUT2D eigenvalue weighted by Crippen LogP contribution is 2.43. The molecule has 9 heteroatoms. The van der Waals surface area contributed by atoms with Crippen LogP contribution in [0.15, 0.2) is 46.8 Å². The molecule has 2 rings (SSSR count). The zero-order valence-corrected chi connectivity index (χ0v) is 13.7. The Labute approximate surface area is 145 Å². The molecule has 1 heterocycles. The molecule has 0 bridgehead atoms. The molecule has 0 aromatic heterocycles. The molecule has 6 nitrogen and oxygen atoms in total. The van der Waals surface area contributed by atoms with Crippen LogP contribution in [0.5, 0.6) is 0 Å². The molecule has 1 aromatic carbocycles. The molecule has 0 aliphatic carbocycles. The zero-order valence-electron chi connectivity index (χ0n) is 13.7. The van der Waals surface area contributed by atoms with Gasteiger partial charge in [-0.05, 0) is 18.6 Å². The summed E-state index contributed by atoms with van der Waals surface area (Å²) in [5.41, 5.74) is -2.94. The molecule has 138 valence electrons. The van der Waals surface area contributed by atoms with Gasteiger partial charge in [0, 0.05) is 5.70 Å². The van der Waals surface area contributed by atoms with Gasteiger partial charge in [0.05, 0.1) is 35.4 Å². The number of alkyl halides is 3. The SMILES string of the molecule is COC(=O)C1=C(C=O)NC(C)=C(C(=O)O)C1c1ccccc1C(F)(F)F. The number of hydrogen-bond acceptors (Lipinski definition) is 5. The number of aliphatic carboxylic acids is 1. The minimum absolute atomic E-state index is 0.0470. The lowest BCUT2D eigenvalue weighted by Gasteiger charge is -2.30. The molecule has 0 saturated carbocycles. The normalized spacial score (nSPS) is 17.7. The number of benzene rings is 1. The highest BCUT2D eigenvalue weighted by molar-refractivity contribution is 6.03. The number of carbonyl (C=O) groups is 3. The predicted octanol–water partition coefficient (Wildman–Crippen LogP) is 2.38. The van der Waals surface area contributed by atoms with Gasteiger partial charge in [-0.3, -0.25) is 4.79 Å². The highest BCUT2D eigenvalue weighted by atomic mass is 19.4. The highest BCUT2D eigenvalue weighted by Gasteiger charge is 2.43. The van der Waals surface area contributed by atoms with Crippen LogP contribution in [0.1, 0.15) is 24.0 Å². The molecule has 0 spiro atoms. The standard InChI is InChI=1S/C17H14F3NO5/c1-8-12(15(23)24)13(14(16(25)26-2)11(7-22)21-8)9-5-3-4-6-10(9)17(18,19)20/h3-7,13,21H,1-2H3,(H,23,24). The number of carboxylic acids is 1. The van der Waals surface area contributed by atoms with Crippen LogP contribution in [0.3, 0.4) is 0 Å². The van der Waals surface area contributed by atoms with Crippen LogP contribution in [0.25, 0.3) is 0 Å². The molecule has 0 amide bonds. The third-order valence-electron chi connectivity index (χ3n) is 3.92. The van der Waals surface area contributed by atoms with Crippen molar-refractivity contribution < 1.29 is 37.4 Å². The maximum atomic E-state index is 13.4. The Balaban J connectivity index is 2.88. The molecular weight excluding hydrogens is 355 g/mol. The molecule has 1 aliphatic rings. The van der Waals surface area contributed by atoms with E-state index in [0.717, 1.165) is 25.3 Å². The molecule has 1 aliphatic heterocycles. The Morgan fingerprint density at radius 3 is 2.35 bits per heavy atom. The van der Waals surface area contributed by atoms with Gasteiger partial charge < -0.3 is 15.2 Å².